The highest BCUT2D eigenvalue weighted by molar-refractivity contribution is 6.30. The molecule has 1 aromatic heterocycles. The molecule has 144 valence electrons. The van der Waals surface area contributed by atoms with Gasteiger partial charge in [0.1, 0.15) is 6.33 Å². The first kappa shape index (κ1) is 18.7. The Labute approximate surface area is 163 Å². The van der Waals surface area contributed by atoms with E-state index in [0.717, 1.165) is 24.5 Å². The molecule has 1 aliphatic carbocycles. The van der Waals surface area contributed by atoms with Gasteiger partial charge in [0.15, 0.2) is 11.6 Å². The fraction of sp³-hybridized carbons (Fsp3) is 0.200. The molecule has 1 aliphatic rings. The van der Waals surface area contributed by atoms with E-state index in [1.165, 1.54) is 12.4 Å². The van der Waals surface area contributed by atoms with Crippen LogP contribution >= 0.6 is 11.6 Å². The van der Waals surface area contributed by atoms with Gasteiger partial charge < -0.3 is 4.74 Å². The van der Waals surface area contributed by atoms with Crippen molar-refractivity contribution in [2.24, 2.45) is 0 Å². The summed E-state index contributed by atoms with van der Waals surface area (Å²) in [6, 6.07) is 10.9. The molecule has 4 rings (SSSR count). The van der Waals surface area contributed by atoms with E-state index in [0.29, 0.717) is 22.8 Å². The highest BCUT2D eigenvalue weighted by Crippen LogP contribution is 2.53. The number of hydrogen-bond acceptors (Lipinski definition) is 3. The highest BCUT2D eigenvalue weighted by atomic mass is 35.5. The third kappa shape index (κ3) is 3.54. The highest BCUT2D eigenvalue weighted by Gasteiger charge is 2.47. The van der Waals surface area contributed by atoms with E-state index >= 15 is 0 Å². The molecule has 0 spiro atoms. The smallest absolute Gasteiger partial charge is 0.416 e. The van der Waals surface area contributed by atoms with Gasteiger partial charge in [0, 0.05) is 16.5 Å². The van der Waals surface area contributed by atoms with Gasteiger partial charge in [-0.05, 0) is 48.7 Å². The minimum Gasteiger partial charge on any atom is -0.436 e. The van der Waals surface area contributed by atoms with Crippen molar-refractivity contribution in [3.63, 3.8) is 0 Å². The minimum atomic E-state index is -4.60. The first-order valence-corrected chi connectivity index (χ1v) is 8.79. The zero-order valence-corrected chi connectivity index (χ0v) is 15.1. The van der Waals surface area contributed by atoms with Gasteiger partial charge in [-0.2, -0.15) is 13.2 Å². The van der Waals surface area contributed by atoms with Crippen molar-refractivity contribution in [3.05, 3.63) is 82.5 Å². The van der Waals surface area contributed by atoms with Crippen LogP contribution in [0, 0.1) is 5.82 Å². The molecule has 28 heavy (non-hydrogen) atoms. The number of aromatic nitrogens is 2. The van der Waals surface area contributed by atoms with Gasteiger partial charge in [-0.25, -0.2) is 14.4 Å². The zero-order chi connectivity index (χ0) is 19.9. The summed E-state index contributed by atoms with van der Waals surface area (Å²) < 4.78 is 57.9. The van der Waals surface area contributed by atoms with Gasteiger partial charge >= 0.3 is 6.18 Å². The summed E-state index contributed by atoms with van der Waals surface area (Å²) in [6.07, 6.45) is -1.65. The van der Waals surface area contributed by atoms with E-state index in [4.69, 9.17) is 16.3 Å². The topological polar surface area (TPSA) is 35.0 Å². The van der Waals surface area contributed by atoms with Gasteiger partial charge in [-0.3, -0.25) is 0 Å². The Bertz CT molecular complexity index is 1020. The Morgan fingerprint density at radius 2 is 1.68 bits per heavy atom. The van der Waals surface area contributed by atoms with E-state index in [-0.39, 0.29) is 11.3 Å². The van der Waals surface area contributed by atoms with Crippen LogP contribution in [0.1, 0.15) is 29.7 Å². The van der Waals surface area contributed by atoms with Gasteiger partial charge in [0.2, 0.25) is 5.88 Å². The largest absolute Gasteiger partial charge is 0.436 e. The molecule has 0 aliphatic heterocycles. The third-order valence-corrected chi connectivity index (χ3v) is 5.00. The summed E-state index contributed by atoms with van der Waals surface area (Å²) in [5.41, 5.74) is 0.356. The summed E-state index contributed by atoms with van der Waals surface area (Å²) in [7, 11) is 0. The molecule has 1 fully saturated rings. The van der Waals surface area contributed by atoms with E-state index in [9.17, 15) is 17.6 Å². The Balaban J connectivity index is 1.65. The summed E-state index contributed by atoms with van der Waals surface area (Å²) in [5.74, 6) is -1.48. The van der Waals surface area contributed by atoms with E-state index < -0.39 is 23.3 Å². The van der Waals surface area contributed by atoms with Crippen molar-refractivity contribution in [2.75, 3.05) is 0 Å². The first-order valence-electron chi connectivity index (χ1n) is 8.41. The van der Waals surface area contributed by atoms with E-state index in [2.05, 4.69) is 9.97 Å². The molecule has 1 saturated carbocycles. The van der Waals surface area contributed by atoms with Crippen LogP contribution in [-0.4, -0.2) is 9.97 Å². The molecule has 0 radical (unpaired) electrons. The lowest BCUT2D eigenvalue weighted by Crippen LogP contribution is -2.11. The maximum Gasteiger partial charge on any atom is 0.416 e. The number of ether oxygens (including phenoxy) is 1. The summed E-state index contributed by atoms with van der Waals surface area (Å²) in [6.45, 7) is 0. The van der Waals surface area contributed by atoms with E-state index in [1.54, 1.807) is 12.1 Å². The molecular weight excluding hydrogens is 396 g/mol. The van der Waals surface area contributed by atoms with Crippen LogP contribution in [0.3, 0.4) is 0 Å². The number of nitrogens with zero attached hydrogens (tertiary/aromatic N) is 2. The Morgan fingerprint density at radius 3 is 2.32 bits per heavy atom. The summed E-state index contributed by atoms with van der Waals surface area (Å²) in [4.78, 5) is 8.21. The van der Waals surface area contributed by atoms with Gasteiger partial charge in [-0.15, -0.1) is 0 Å². The van der Waals surface area contributed by atoms with Crippen molar-refractivity contribution >= 4 is 11.6 Å². The lowest BCUT2D eigenvalue weighted by Gasteiger charge is -2.16. The fourth-order valence-corrected chi connectivity index (χ4v) is 3.24. The second-order valence-corrected chi connectivity index (χ2v) is 7.01. The van der Waals surface area contributed by atoms with Crippen molar-refractivity contribution in [1.29, 1.82) is 0 Å². The van der Waals surface area contributed by atoms with Crippen molar-refractivity contribution in [1.82, 2.24) is 9.97 Å². The average Bonchev–Trinajstić information content (AvgIpc) is 3.45. The second-order valence-electron chi connectivity index (χ2n) is 6.58. The minimum absolute atomic E-state index is 0.0246. The average molecular weight is 409 g/mol. The molecule has 3 nitrogen and oxygen atoms in total. The van der Waals surface area contributed by atoms with Crippen molar-refractivity contribution in [3.8, 4) is 11.6 Å². The Hall–Kier alpha value is -2.67. The first-order chi connectivity index (χ1) is 13.3. The molecule has 0 unspecified atom stereocenters. The number of hydrogen-bond donors (Lipinski definition) is 0. The van der Waals surface area contributed by atoms with Crippen LogP contribution in [-0.2, 0) is 11.6 Å². The lowest BCUT2D eigenvalue weighted by molar-refractivity contribution is -0.137. The van der Waals surface area contributed by atoms with Gasteiger partial charge in [0.25, 0.3) is 0 Å². The van der Waals surface area contributed by atoms with Crippen LogP contribution in [0.4, 0.5) is 17.6 Å². The standard InChI is InChI=1S/C20H13ClF4N2O/c21-14-4-1-12(2-5-14)19(7-8-19)17-10-18(27-11-26-17)28-16-9-13(20(23,24)25)3-6-15(16)22/h1-6,9-11H,7-8H2. The molecule has 1 heterocycles. The molecule has 3 aromatic rings. The molecule has 0 bridgehead atoms. The van der Waals surface area contributed by atoms with Crippen LogP contribution in [0.5, 0.6) is 11.6 Å². The molecule has 0 N–H and O–H groups in total. The molecular formula is C20H13ClF4N2O. The quantitative estimate of drug-likeness (QED) is 0.485. The molecule has 0 saturated heterocycles. The van der Waals surface area contributed by atoms with E-state index in [1.807, 2.05) is 12.1 Å². The zero-order valence-electron chi connectivity index (χ0n) is 14.3. The summed E-state index contributed by atoms with van der Waals surface area (Å²) >= 11 is 5.94. The van der Waals surface area contributed by atoms with Crippen LogP contribution in [0.2, 0.25) is 5.02 Å². The van der Waals surface area contributed by atoms with Gasteiger partial charge in [-0.1, -0.05) is 23.7 Å². The number of benzene rings is 2. The van der Waals surface area contributed by atoms with Crippen molar-refractivity contribution < 1.29 is 22.3 Å². The SMILES string of the molecule is Fc1ccc(C(F)(F)F)cc1Oc1cc(C2(c3ccc(Cl)cc3)CC2)ncn1. The second kappa shape index (κ2) is 6.74. The predicted molar refractivity (Wildman–Crippen MR) is 95.0 cm³/mol. The Morgan fingerprint density at radius 1 is 0.964 bits per heavy atom. The monoisotopic (exact) mass is 408 g/mol. The number of halogens is 5. The van der Waals surface area contributed by atoms with Crippen LogP contribution < -0.4 is 4.74 Å². The van der Waals surface area contributed by atoms with Crippen LogP contribution in [0.15, 0.2) is 54.9 Å². The summed E-state index contributed by atoms with van der Waals surface area (Å²) in [5, 5.41) is 0.617. The number of alkyl halides is 3. The lowest BCUT2D eigenvalue weighted by atomic mass is 9.92. The predicted octanol–water partition coefficient (Wildman–Crippen LogP) is 6.16. The van der Waals surface area contributed by atoms with Gasteiger partial charge in [0.05, 0.1) is 11.3 Å². The molecule has 0 atom stereocenters. The maximum absolute atomic E-state index is 13.9. The molecule has 8 heteroatoms. The van der Waals surface area contributed by atoms with Crippen molar-refractivity contribution in [2.45, 2.75) is 24.4 Å². The molecule has 2 aromatic carbocycles. The third-order valence-electron chi connectivity index (χ3n) is 4.75. The maximum atomic E-state index is 13.9. The number of rotatable bonds is 4. The fourth-order valence-electron chi connectivity index (χ4n) is 3.11. The molecule has 0 amide bonds. The van der Waals surface area contributed by atoms with Crippen LogP contribution in [0.25, 0.3) is 0 Å². The Kier molecular flexibility index (Phi) is 4.50. The normalized spacial score (nSPS) is 15.3.